The Kier molecular flexibility index (Phi) is 6.53. The predicted molar refractivity (Wildman–Crippen MR) is 128 cm³/mol. The first-order valence-corrected chi connectivity index (χ1v) is 11.5. The van der Waals surface area contributed by atoms with Gasteiger partial charge in [-0.2, -0.15) is 9.97 Å². The normalized spacial score (nSPS) is 20.1. The zero-order chi connectivity index (χ0) is 22.6. The third-order valence-corrected chi connectivity index (χ3v) is 6.46. The van der Waals surface area contributed by atoms with Crippen LogP contribution in [0.25, 0.3) is 11.2 Å². The van der Waals surface area contributed by atoms with Crippen LogP contribution in [0.1, 0.15) is 23.6 Å². The molecule has 4 aromatic rings. The number of fused-ring (bicyclic) bond motifs is 1. The van der Waals surface area contributed by atoms with Crippen LogP contribution in [0.15, 0.2) is 67.0 Å². The number of nitrogens with two attached hydrogens (primary N) is 1. The van der Waals surface area contributed by atoms with Gasteiger partial charge in [0.2, 0.25) is 5.28 Å². The smallest absolute Gasteiger partial charge is 0.226 e. The molecule has 1 saturated carbocycles. The lowest BCUT2D eigenvalue weighted by Crippen LogP contribution is -2.43. The maximum Gasteiger partial charge on any atom is 0.226 e. The number of rotatable bonds is 9. The molecule has 0 spiro atoms. The van der Waals surface area contributed by atoms with Crippen LogP contribution in [0.3, 0.4) is 0 Å². The molecule has 2 aromatic heterocycles. The van der Waals surface area contributed by atoms with Crippen LogP contribution in [0, 0.1) is 11.8 Å². The second kappa shape index (κ2) is 9.87. The van der Waals surface area contributed by atoms with Gasteiger partial charge in [0, 0.05) is 12.0 Å². The van der Waals surface area contributed by atoms with Crippen molar-refractivity contribution in [3.8, 4) is 0 Å². The average molecular weight is 464 g/mol. The quantitative estimate of drug-likeness (QED) is 0.363. The van der Waals surface area contributed by atoms with Crippen molar-refractivity contribution in [2.45, 2.75) is 25.7 Å². The molecule has 3 atom stereocenters. The van der Waals surface area contributed by atoms with E-state index in [-0.39, 0.29) is 17.2 Å². The molecule has 2 aromatic carbocycles. The van der Waals surface area contributed by atoms with E-state index in [1.54, 1.807) is 6.33 Å². The molecule has 0 amide bonds. The Bertz CT molecular complexity index is 1200. The van der Waals surface area contributed by atoms with E-state index in [1.807, 2.05) is 36.4 Å². The lowest BCUT2D eigenvalue weighted by molar-refractivity contribution is -0.0562. The van der Waals surface area contributed by atoms with Gasteiger partial charge >= 0.3 is 0 Å². The summed E-state index contributed by atoms with van der Waals surface area (Å²) in [5, 5.41) is 0.126. The van der Waals surface area contributed by atoms with Crippen LogP contribution in [0.4, 0.5) is 5.82 Å². The van der Waals surface area contributed by atoms with Gasteiger partial charge < -0.3 is 19.8 Å². The molecule has 2 heterocycles. The van der Waals surface area contributed by atoms with Crippen molar-refractivity contribution in [3.63, 3.8) is 0 Å². The Labute approximate surface area is 197 Å². The Morgan fingerprint density at radius 3 is 2.21 bits per heavy atom. The van der Waals surface area contributed by atoms with Gasteiger partial charge in [0.1, 0.15) is 5.52 Å². The number of imidazole rings is 1. The minimum absolute atomic E-state index is 0.126. The van der Waals surface area contributed by atoms with Gasteiger partial charge in [-0.15, -0.1) is 0 Å². The van der Waals surface area contributed by atoms with Gasteiger partial charge in [-0.1, -0.05) is 60.7 Å². The fraction of sp³-hybridized carbons (Fsp3) is 0.320. The number of nitrogens with zero attached hydrogens (tertiary/aromatic N) is 4. The summed E-state index contributed by atoms with van der Waals surface area (Å²) in [5.74, 6) is 0.932. The highest BCUT2D eigenvalue weighted by atomic mass is 35.5. The molecule has 0 radical (unpaired) electrons. The van der Waals surface area contributed by atoms with E-state index in [2.05, 4.69) is 43.8 Å². The third-order valence-electron chi connectivity index (χ3n) is 6.29. The summed E-state index contributed by atoms with van der Waals surface area (Å²) in [6.07, 6.45) is 2.73. The second-order valence-electron chi connectivity index (χ2n) is 8.43. The fourth-order valence-corrected chi connectivity index (χ4v) is 4.65. The first-order valence-electron chi connectivity index (χ1n) is 11.1. The Morgan fingerprint density at radius 1 is 0.909 bits per heavy atom. The van der Waals surface area contributed by atoms with Crippen molar-refractivity contribution in [2.24, 2.45) is 11.8 Å². The van der Waals surface area contributed by atoms with Gasteiger partial charge in [-0.3, -0.25) is 0 Å². The molecule has 7 nitrogen and oxygen atoms in total. The van der Waals surface area contributed by atoms with Gasteiger partial charge in [-0.05, 0) is 35.1 Å². The molecule has 1 aliphatic rings. The van der Waals surface area contributed by atoms with E-state index in [0.29, 0.717) is 49.3 Å². The van der Waals surface area contributed by atoms with Crippen LogP contribution >= 0.6 is 11.6 Å². The zero-order valence-electron chi connectivity index (χ0n) is 18.2. The van der Waals surface area contributed by atoms with E-state index in [4.69, 9.17) is 26.8 Å². The van der Waals surface area contributed by atoms with Gasteiger partial charge in [0.05, 0.1) is 32.8 Å². The van der Waals surface area contributed by atoms with Gasteiger partial charge in [0.15, 0.2) is 11.5 Å². The standard InChI is InChI=1S/C25H26ClN5O2/c26-25-29-23(27)22-24(30-25)31(16-28-22)21-11-19(14-32-12-17-7-3-1-4-8-17)20(21)15-33-13-18-9-5-2-6-10-18/h1-10,16,19-21H,11-15H2,(H2,27,29,30)/t19-,20-,21-/m0/s1. The van der Waals surface area contributed by atoms with Crippen molar-refractivity contribution in [1.82, 2.24) is 19.5 Å². The summed E-state index contributed by atoms with van der Waals surface area (Å²) >= 11 is 6.07. The highest BCUT2D eigenvalue weighted by molar-refractivity contribution is 6.28. The molecule has 1 aliphatic carbocycles. The van der Waals surface area contributed by atoms with Crippen molar-refractivity contribution in [2.75, 3.05) is 18.9 Å². The Balaban J connectivity index is 1.29. The van der Waals surface area contributed by atoms with Crippen LogP contribution < -0.4 is 5.73 Å². The molecule has 170 valence electrons. The Hall–Kier alpha value is -3.00. The number of anilines is 1. The van der Waals surface area contributed by atoms with Crippen molar-refractivity contribution in [1.29, 1.82) is 0 Å². The lowest BCUT2D eigenvalue weighted by Gasteiger charge is -2.45. The molecule has 0 saturated heterocycles. The summed E-state index contributed by atoms with van der Waals surface area (Å²) in [5.41, 5.74) is 9.57. The highest BCUT2D eigenvalue weighted by Gasteiger charge is 2.43. The number of aromatic nitrogens is 4. The minimum atomic E-state index is 0.126. The number of halogens is 1. The number of ether oxygens (including phenoxy) is 2. The molecule has 2 N–H and O–H groups in total. The number of hydrogen-bond donors (Lipinski definition) is 1. The number of hydrogen-bond acceptors (Lipinski definition) is 6. The SMILES string of the molecule is Nc1nc(Cl)nc2c1ncn2[C@H]1C[C@@H](COCc2ccccc2)[C@@H]1COCc1ccccc1. The molecule has 33 heavy (non-hydrogen) atoms. The fourth-order valence-electron chi connectivity index (χ4n) is 4.48. The van der Waals surface area contributed by atoms with E-state index >= 15 is 0 Å². The summed E-state index contributed by atoms with van der Waals surface area (Å²) in [7, 11) is 0. The molecule has 0 aliphatic heterocycles. The van der Waals surface area contributed by atoms with Crippen molar-refractivity contribution >= 4 is 28.6 Å². The van der Waals surface area contributed by atoms with Crippen LogP contribution in [-0.4, -0.2) is 32.7 Å². The van der Waals surface area contributed by atoms with Crippen LogP contribution in [-0.2, 0) is 22.7 Å². The summed E-state index contributed by atoms with van der Waals surface area (Å²) < 4.78 is 14.3. The minimum Gasteiger partial charge on any atom is -0.382 e. The highest BCUT2D eigenvalue weighted by Crippen LogP contribution is 2.46. The molecule has 5 rings (SSSR count). The average Bonchev–Trinajstić information content (AvgIpc) is 3.23. The van der Waals surface area contributed by atoms with E-state index in [9.17, 15) is 0 Å². The third kappa shape index (κ3) is 4.85. The van der Waals surface area contributed by atoms with Crippen LogP contribution in [0.2, 0.25) is 5.28 Å². The van der Waals surface area contributed by atoms with Crippen molar-refractivity contribution < 1.29 is 9.47 Å². The first-order chi connectivity index (χ1) is 16.2. The summed E-state index contributed by atoms with van der Waals surface area (Å²) in [6.45, 7) is 2.47. The van der Waals surface area contributed by atoms with E-state index < -0.39 is 0 Å². The number of benzene rings is 2. The lowest BCUT2D eigenvalue weighted by atomic mass is 9.69. The topological polar surface area (TPSA) is 88.1 Å². The molecule has 0 bridgehead atoms. The summed E-state index contributed by atoms with van der Waals surface area (Å²) in [6, 6.07) is 20.6. The Morgan fingerprint density at radius 2 is 1.55 bits per heavy atom. The molecule has 1 fully saturated rings. The maximum atomic E-state index is 6.13. The first kappa shape index (κ1) is 21.8. The largest absolute Gasteiger partial charge is 0.382 e. The van der Waals surface area contributed by atoms with Crippen LogP contribution in [0.5, 0.6) is 0 Å². The molecule has 8 heteroatoms. The predicted octanol–water partition coefficient (Wildman–Crippen LogP) is 4.67. The van der Waals surface area contributed by atoms with E-state index in [1.165, 1.54) is 5.56 Å². The van der Waals surface area contributed by atoms with Gasteiger partial charge in [0.25, 0.3) is 0 Å². The van der Waals surface area contributed by atoms with Gasteiger partial charge in [-0.25, -0.2) is 4.98 Å². The summed E-state index contributed by atoms with van der Waals surface area (Å²) in [4.78, 5) is 12.8. The molecular weight excluding hydrogens is 438 g/mol. The van der Waals surface area contributed by atoms with Crippen molar-refractivity contribution in [3.05, 3.63) is 83.4 Å². The van der Waals surface area contributed by atoms with E-state index in [0.717, 1.165) is 12.0 Å². The number of nitrogen functional groups attached to an aromatic ring is 1. The monoisotopic (exact) mass is 463 g/mol. The maximum absolute atomic E-state index is 6.13. The zero-order valence-corrected chi connectivity index (χ0v) is 18.9. The second-order valence-corrected chi connectivity index (χ2v) is 8.77. The molecular formula is C25H26ClN5O2. The molecule has 0 unspecified atom stereocenters.